The molecule has 8 nitrogen and oxygen atoms in total. The lowest BCUT2D eigenvalue weighted by Gasteiger charge is -2.30. The number of carbonyl (C=O) groups is 1. The second kappa shape index (κ2) is 10.1. The van der Waals surface area contributed by atoms with Gasteiger partial charge in [-0.15, -0.1) is 11.3 Å². The molecule has 0 spiro atoms. The molecule has 1 aliphatic heterocycles. The average molecular weight is 505 g/mol. The number of halogens is 1. The lowest BCUT2D eigenvalue weighted by Crippen LogP contribution is -2.41. The molecule has 1 amide bonds. The summed E-state index contributed by atoms with van der Waals surface area (Å²) < 4.78 is 45.6. The van der Waals surface area contributed by atoms with Crippen molar-refractivity contribution in [2.45, 2.75) is 17.7 Å². The van der Waals surface area contributed by atoms with Gasteiger partial charge in [0.05, 0.1) is 23.4 Å². The van der Waals surface area contributed by atoms with E-state index in [1.165, 1.54) is 34.9 Å². The number of nitrogens with one attached hydrogen (secondary N) is 2. The van der Waals surface area contributed by atoms with Crippen molar-refractivity contribution in [3.05, 3.63) is 53.7 Å². The van der Waals surface area contributed by atoms with Gasteiger partial charge < -0.3 is 15.4 Å². The zero-order valence-electron chi connectivity index (χ0n) is 18.7. The first-order chi connectivity index (χ1) is 16.3. The normalized spacial score (nSPS) is 15.1. The van der Waals surface area contributed by atoms with E-state index < -0.39 is 15.8 Å². The number of carbonyl (C=O) groups excluding carboxylic acids is 1. The molecule has 0 saturated carbocycles. The van der Waals surface area contributed by atoms with Crippen LogP contribution < -0.4 is 15.4 Å². The van der Waals surface area contributed by atoms with Gasteiger partial charge in [0.2, 0.25) is 15.9 Å². The van der Waals surface area contributed by atoms with Gasteiger partial charge in [-0.2, -0.15) is 4.31 Å². The molecule has 34 heavy (non-hydrogen) atoms. The van der Waals surface area contributed by atoms with Gasteiger partial charge >= 0.3 is 0 Å². The van der Waals surface area contributed by atoms with Gasteiger partial charge in [0, 0.05) is 37.0 Å². The van der Waals surface area contributed by atoms with Crippen LogP contribution >= 0.6 is 11.3 Å². The Balaban J connectivity index is 1.43. The number of sulfonamides is 1. The molecule has 2 heterocycles. The summed E-state index contributed by atoms with van der Waals surface area (Å²) in [7, 11) is -0.393. The predicted molar refractivity (Wildman–Crippen MR) is 130 cm³/mol. The largest absolute Gasteiger partial charge is 0.495 e. The zero-order valence-corrected chi connectivity index (χ0v) is 20.4. The lowest BCUT2D eigenvalue weighted by atomic mass is 9.97. The second-order valence-corrected chi connectivity index (χ2v) is 10.6. The van der Waals surface area contributed by atoms with Crippen molar-refractivity contribution < 1.29 is 22.3 Å². The lowest BCUT2D eigenvalue weighted by molar-refractivity contribution is -0.120. The Kier molecular flexibility index (Phi) is 7.15. The van der Waals surface area contributed by atoms with Crippen LogP contribution in [-0.4, -0.2) is 50.9 Å². The van der Waals surface area contributed by atoms with Gasteiger partial charge in [0.25, 0.3) is 0 Å². The Labute approximate surface area is 201 Å². The van der Waals surface area contributed by atoms with Gasteiger partial charge in [-0.25, -0.2) is 17.8 Å². The number of thiazole rings is 1. The van der Waals surface area contributed by atoms with Crippen molar-refractivity contribution in [1.29, 1.82) is 0 Å². The van der Waals surface area contributed by atoms with Crippen molar-refractivity contribution in [1.82, 2.24) is 9.29 Å². The topological polar surface area (TPSA) is 101 Å². The summed E-state index contributed by atoms with van der Waals surface area (Å²) in [5, 5.41) is 8.66. The summed E-state index contributed by atoms with van der Waals surface area (Å²) in [6.07, 6.45) is 0.762. The highest BCUT2D eigenvalue weighted by Crippen LogP contribution is 2.33. The molecular weight excluding hydrogens is 479 g/mol. The second-order valence-electron chi connectivity index (χ2n) is 7.82. The zero-order chi connectivity index (χ0) is 24.3. The van der Waals surface area contributed by atoms with Crippen LogP contribution in [0.4, 0.5) is 15.2 Å². The number of hydrogen-bond donors (Lipinski definition) is 2. The number of rotatable bonds is 7. The molecule has 11 heteroatoms. The third-order valence-corrected chi connectivity index (χ3v) is 8.52. The smallest absolute Gasteiger partial charge is 0.243 e. The van der Waals surface area contributed by atoms with Crippen molar-refractivity contribution >= 4 is 38.1 Å². The number of nitrogens with zero attached hydrogens (tertiary/aromatic N) is 2. The summed E-state index contributed by atoms with van der Waals surface area (Å²) in [5.74, 6) is -0.504. The van der Waals surface area contributed by atoms with Crippen molar-refractivity contribution in [3.63, 3.8) is 0 Å². The molecule has 4 rings (SSSR count). The summed E-state index contributed by atoms with van der Waals surface area (Å²) in [6.45, 7) is 0.418. The average Bonchev–Trinajstić information content (AvgIpc) is 3.34. The Morgan fingerprint density at radius 2 is 1.88 bits per heavy atom. The number of methoxy groups -OCH3 is 1. The molecule has 0 unspecified atom stereocenters. The SMILES string of the molecule is CNc1nc(-c2ccc(OC)c(NC(=O)C3CCN(S(=O)(=O)c4ccc(F)cc4)CC3)c2)cs1. The molecule has 0 atom stereocenters. The molecule has 1 aromatic heterocycles. The number of amides is 1. The molecule has 1 fully saturated rings. The monoisotopic (exact) mass is 504 g/mol. The van der Waals surface area contributed by atoms with Gasteiger partial charge in [-0.1, -0.05) is 0 Å². The fourth-order valence-corrected chi connectivity index (χ4v) is 5.99. The fourth-order valence-electron chi connectivity index (χ4n) is 3.83. The van der Waals surface area contributed by atoms with E-state index in [-0.39, 0.29) is 29.8 Å². The molecule has 180 valence electrons. The van der Waals surface area contributed by atoms with Gasteiger partial charge in [-0.05, 0) is 55.3 Å². The van der Waals surface area contributed by atoms with E-state index in [0.717, 1.165) is 28.5 Å². The standard InChI is InChI=1S/C23H25FN4O4S2/c1-25-23-27-20(14-33-23)16-3-8-21(32-2)19(13-16)26-22(29)15-9-11-28(12-10-15)34(30,31)18-6-4-17(24)5-7-18/h3-8,13-15H,9-12H2,1-2H3,(H,25,27)(H,26,29). The molecule has 2 N–H and O–H groups in total. The number of piperidine rings is 1. The van der Waals surface area contributed by atoms with Crippen LogP contribution in [0.3, 0.4) is 0 Å². The summed E-state index contributed by atoms with van der Waals surface area (Å²) in [4.78, 5) is 17.5. The highest BCUT2D eigenvalue weighted by molar-refractivity contribution is 7.89. The van der Waals surface area contributed by atoms with Crippen LogP contribution in [0.5, 0.6) is 5.75 Å². The van der Waals surface area contributed by atoms with Crippen molar-refractivity contribution in [2.75, 3.05) is 37.9 Å². The first-order valence-electron chi connectivity index (χ1n) is 10.7. The Hall–Kier alpha value is -3.02. The van der Waals surface area contributed by atoms with Crippen molar-refractivity contribution in [3.8, 4) is 17.0 Å². The molecule has 3 aromatic rings. The molecular formula is C23H25FN4O4S2. The van der Waals surface area contributed by atoms with E-state index in [1.807, 2.05) is 17.5 Å². The minimum Gasteiger partial charge on any atom is -0.495 e. The van der Waals surface area contributed by atoms with Gasteiger partial charge in [0.1, 0.15) is 11.6 Å². The minimum atomic E-state index is -3.73. The third-order valence-electron chi connectivity index (χ3n) is 5.75. The summed E-state index contributed by atoms with van der Waals surface area (Å²) in [6, 6.07) is 10.2. The van der Waals surface area contributed by atoms with E-state index in [9.17, 15) is 17.6 Å². The van der Waals surface area contributed by atoms with Gasteiger partial charge in [-0.3, -0.25) is 4.79 Å². The number of benzene rings is 2. The summed E-state index contributed by atoms with van der Waals surface area (Å²) >= 11 is 1.48. The maximum Gasteiger partial charge on any atom is 0.243 e. The highest BCUT2D eigenvalue weighted by Gasteiger charge is 2.32. The van der Waals surface area contributed by atoms with Crippen LogP contribution in [0.1, 0.15) is 12.8 Å². The van der Waals surface area contributed by atoms with E-state index in [2.05, 4.69) is 15.6 Å². The molecule has 2 aromatic carbocycles. The Bertz CT molecular complexity index is 1270. The van der Waals surface area contributed by atoms with Crippen LogP contribution in [0.25, 0.3) is 11.3 Å². The number of hydrogen-bond acceptors (Lipinski definition) is 7. The summed E-state index contributed by atoms with van der Waals surface area (Å²) in [5.41, 5.74) is 2.16. The van der Waals surface area contributed by atoms with E-state index in [0.29, 0.717) is 24.3 Å². The van der Waals surface area contributed by atoms with Crippen LogP contribution in [0, 0.1) is 11.7 Å². The van der Waals surface area contributed by atoms with Crippen LogP contribution in [0.2, 0.25) is 0 Å². The number of ether oxygens (including phenoxy) is 1. The van der Waals surface area contributed by atoms with E-state index in [4.69, 9.17) is 4.74 Å². The van der Waals surface area contributed by atoms with Crippen molar-refractivity contribution in [2.24, 2.45) is 5.92 Å². The number of aromatic nitrogens is 1. The highest BCUT2D eigenvalue weighted by atomic mass is 32.2. The van der Waals surface area contributed by atoms with E-state index in [1.54, 1.807) is 13.1 Å². The predicted octanol–water partition coefficient (Wildman–Crippen LogP) is 4.04. The Morgan fingerprint density at radius 1 is 1.18 bits per heavy atom. The first kappa shape index (κ1) is 24.1. The minimum absolute atomic E-state index is 0.0434. The quantitative estimate of drug-likeness (QED) is 0.504. The fraction of sp³-hybridized carbons (Fsp3) is 0.304. The molecule has 0 bridgehead atoms. The van der Waals surface area contributed by atoms with Crippen LogP contribution in [-0.2, 0) is 14.8 Å². The van der Waals surface area contributed by atoms with E-state index >= 15 is 0 Å². The molecule has 0 radical (unpaired) electrons. The van der Waals surface area contributed by atoms with Gasteiger partial charge in [0.15, 0.2) is 5.13 Å². The van der Waals surface area contributed by atoms with Crippen LogP contribution in [0.15, 0.2) is 52.7 Å². The Morgan fingerprint density at radius 3 is 2.50 bits per heavy atom. The third kappa shape index (κ3) is 5.06. The molecule has 0 aliphatic carbocycles. The molecule has 1 aliphatic rings. The number of anilines is 2. The molecule has 1 saturated heterocycles. The maximum absolute atomic E-state index is 13.2. The first-order valence-corrected chi connectivity index (χ1v) is 13.0. The maximum atomic E-state index is 13.2.